The van der Waals surface area contributed by atoms with E-state index in [0.717, 1.165) is 17.8 Å². The molecule has 0 amide bonds. The smallest absolute Gasteiger partial charge is 0.0969 e. The Labute approximate surface area is 80.1 Å². The number of thiocarbonyl (C=S) groups is 1. The largest absolute Gasteiger partial charge is 0.360 e. The molecule has 70 valence electrons. The van der Waals surface area contributed by atoms with Crippen molar-refractivity contribution in [3.63, 3.8) is 0 Å². The van der Waals surface area contributed by atoms with Gasteiger partial charge in [0, 0.05) is 0 Å². The minimum absolute atomic E-state index is 0.0000926. The first-order valence-corrected chi connectivity index (χ1v) is 4.98. The topological polar surface area (TPSA) is 24.1 Å². The highest BCUT2D eigenvalue weighted by molar-refractivity contribution is 7.80. The van der Waals surface area contributed by atoms with Gasteiger partial charge in [0.15, 0.2) is 0 Å². The fourth-order valence-electron chi connectivity index (χ4n) is 1.51. The van der Waals surface area contributed by atoms with E-state index in [4.69, 9.17) is 12.2 Å². The summed E-state index contributed by atoms with van der Waals surface area (Å²) in [6, 6.07) is 0. The first-order valence-electron chi connectivity index (χ1n) is 4.58. The lowest BCUT2D eigenvalue weighted by molar-refractivity contribution is 0.304. The van der Waals surface area contributed by atoms with Gasteiger partial charge in [-0.25, -0.2) is 0 Å². The second-order valence-electron chi connectivity index (χ2n) is 3.95. The highest BCUT2D eigenvalue weighted by atomic mass is 32.1. The summed E-state index contributed by atoms with van der Waals surface area (Å²) in [6.45, 7) is 8.62. The van der Waals surface area contributed by atoms with Crippen LogP contribution >= 0.6 is 12.2 Å². The Bertz CT molecular complexity index is 205. The zero-order valence-electron chi connectivity index (χ0n) is 8.32. The molecule has 0 aromatic carbocycles. The molecule has 0 saturated carbocycles. The third kappa shape index (κ3) is 1.48. The highest BCUT2D eigenvalue weighted by Gasteiger charge is 2.43. The molecule has 1 aliphatic rings. The van der Waals surface area contributed by atoms with E-state index in [1.54, 1.807) is 0 Å². The van der Waals surface area contributed by atoms with Crippen LogP contribution in [0.15, 0.2) is 0 Å². The molecule has 0 bridgehead atoms. The number of hydrogen-bond acceptors (Lipinski definition) is 2. The molecule has 2 atom stereocenters. The van der Waals surface area contributed by atoms with E-state index in [2.05, 4.69) is 38.3 Å². The maximum Gasteiger partial charge on any atom is 0.0969 e. The summed E-state index contributed by atoms with van der Waals surface area (Å²) in [5.41, 5.74) is 0.00192. The van der Waals surface area contributed by atoms with Gasteiger partial charge in [-0.15, -0.1) is 0 Å². The molecule has 12 heavy (non-hydrogen) atoms. The molecular formula is C9H18N2S. The molecule has 1 rings (SSSR count). The van der Waals surface area contributed by atoms with Gasteiger partial charge in [0.2, 0.25) is 0 Å². The van der Waals surface area contributed by atoms with Crippen LogP contribution in [0.1, 0.15) is 40.5 Å². The quantitative estimate of drug-likeness (QED) is 0.643. The molecule has 0 aliphatic carbocycles. The normalized spacial score (nSPS) is 41.5. The maximum absolute atomic E-state index is 5.29. The molecule has 0 aromatic rings. The van der Waals surface area contributed by atoms with E-state index in [9.17, 15) is 0 Å². The standard InChI is InChI=1S/C9H18N2S/c1-5-8(3)7(12)10-9(4,6-2)11-8/h11H,5-6H2,1-4H3,(H,10,12). The van der Waals surface area contributed by atoms with Gasteiger partial charge in [-0.05, 0) is 26.7 Å². The van der Waals surface area contributed by atoms with E-state index in [-0.39, 0.29) is 11.2 Å². The summed E-state index contributed by atoms with van der Waals surface area (Å²) in [4.78, 5) is 0.953. The van der Waals surface area contributed by atoms with Crippen LogP contribution in [-0.4, -0.2) is 16.2 Å². The Morgan fingerprint density at radius 2 is 1.83 bits per heavy atom. The van der Waals surface area contributed by atoms with Crippen LogP contribution in [0, 0.1) is 0 Å². The monoisotopic (exact) mass is 186 g/mol. The third-order valence-electron chi connectivity index (χ3n) is 2.86. The molecule has 2 unspecified atom stereocenters. The van der Waals surface area contributed by atoms with Gasteiger partial charge in [-0.3, -0.25) is 5.32 Å². The third-order valence-corrected chi connectivity index (χ3v) is 3.41. The van der Waals surface area contributed by atoms with Crippen molar-refractivity contribution in [2.24, 2.45) is 0 Å². The molecule has 3 heteroatoms. The molecule has 1 heterocycles. The minimum Gasteiger partial charge on any atom is -0.360 e. The Kier molecular flexibility index (Phi) is 2.45. The predicted molar refractivity (Wildman–Crippen MR) is 56.3 cm³/mol. The number of hydrogen-bond donors (Lipinski definition) is 2. The van der Waals surface area contributed by atoms with Crippen LogP contribution in [-0.2, 0) is 0 Å². The molecule has 1 fully saturated rings. The van der Waals surface area contributed by atoms with Gasteiger partial charge in [0.1, 0.15) is 0 Å². The van der Waals surface area contributed by atoms with Crippen LogP contribution in [0.3, 0.4) is 0 Å². The van der Waals surface area contributed by atoms with Gasteiger partial charge < -0.3 is 5.32 Å². The van der Waals surface area contributed by atoms with Crippen molar-refractivity contribution in [3.05, 3.63) is 0 Å². The van der Waals surface area contributed by atoms with Crippen LogP contribution < -0.4 is 10.6 Å². The van der Waals surface area contributed by atoms with Crippen LogP contribution in [0.2, 0.25) is 0 Å². The molecule has 0 radical (unpaired) electrons. The van der Waals surface area contributed by atoms with Crippen molar-refractivity contribution in [3.8, 4) is 0 Å². The van der Waals surface area contributed by atoms with Gasteiger partial charge >= 0.3 is 0 Å². The van der Waals surface area contributed by atoms with Crippen molar-refractivity contribution in [1.29, 1.82) is 0 Å². The van der Waals surface area contributed by atoms with E-state index >= 15 is 0 Å². The average molecular weight is 186 g/mol. The second-order valence-corrected chi connectivity index (χ2v) is 4.36. The molecular weight excluding hydrogens is 168 g/mol. The van der Waals surface area contributed by atoms with Crippen molar-refractivity contribution in [2.75, 3.05) is 0 Å². The van der Waals surface area contributed by atoms with Crippen molar-refractivity contribution < 1.29 is 0 Å². The summed E-state index contributed by atoms with van der Waals surface area (Å²) in [6.07, 6.45) is 2.08. The van der Waals surface area contributed by atoms with Gasteiger partial charge in [-0.1, -0.05) is 26.1 Å². The Morgan fingerprint density at radius 3 is 2.08 bits per heavy atom. The molecule has 2 nitrogen and oxygen atoms in total. The van der Waals surface area contributed by atoms with Crippen LogP contribution in [0.4, 0.5) is 0 Å². The van der Waals surface area contributed by atoms with Gasteiger partial charge in [0.05, 0.1) is 16.2 Å². The Morgan fingerprint density at radius 1 is 1.25 bits per heavy atom. The molecule has 2 N–H and O–H groups in total. The predicted octanol–water partition coefficient (Wildman–Crippen LogP) is 1.80. The number of rotatable bonds is 2. The second kappa shape index (κ2) is 2.96. The maximum atomic E-state index is 5.29. The Balaban J connectivity index is 2.81. The summed E-state index contributed by atoms with van der Waals surface area (Å²) < 4.78 is 0. The molecule has 1 saturated heterocycles. The molecule has 0 spiro atoms. The van der Waals surface area contributed by atoms with E-state index in [1.165, 1.54) is 0 Å². The van der Waals surface area contributed by atoms with Crippen molar-refractivity contribution in [1.82, 2.24) is 10.6 Å². The zero-order valence-corrected chi connectivity index (χ0v) is 9.14. The SMILES string of the molecule is CCC1(C)NC(=S)C(C)(CC)N1. The fraction of sp³-hybridized carbons (Fsp3) is 0.889. The Hall–Kier alpha value is -0.150. The van der Waals surface area contributed by atoms with Gasteiger partial charge in [0.25, 0.3) is 0 Å². The first-order chi connectivity index (χ1) is 5.46. The minimum atomic E-state index is 0.0000926. The van der Waals surface area contributed by atoms with E-state index < -0.39 is 0 Å². The van der Waals surface area contributed by atoms with E-state index in [1.807, 2.05) is 0 Å². The van der Waals surface area contributed by atoms with Crippen molar-refractivity contribution >= 4 is 17.2 Å². The lowest BCUT2D eigenvalue weighted by atomic mass is 10.00. The summed E-state index contributed by atoms with van der Waals surface area (Å²) in [5, 5.41) is 6.88. The van der Waals surface area contributed by atoms with Crippen LogP contribution in [0.25, 0.3) is 0 Å². The fourth-order valence-corrected chi connectivity index (χ4v) is 1.93. The number of nitrogens with one attached hydrogen (secondary N) is 2. The molecule has 0 aromatic heterocycles. The van der Waals surface area contributed by atoms with Gasteiger partial charge in [-0.2, -0.15) is 0 Å². The lowest BCUT2D eigenvalue weighted by Gasteiger charge is -2.27. The summed E-state index contributed by atoms with van der Waals surface area (Å²) >= 11 is 5.29. The summed E-state index contributed by atoms with van der Waals surface area (Å²) in [5.74, 6) is 0. The van der Waals surface area contributed by atoms with Crippen LogP contribution in [0.5, 0.6) is 0 Å². The van der Waals surface area contributed by atoms with Crippen molar-refractivity contribution in [2.45, 2.75) is 51.7 Å². The molecule has 1 aliphatic heterocycles. The van der Waals surface area contributed by atoms with E-state index in [0.29, 0.717) is 0 Å². The lowest BCUT2D eigenvalue weighted by Crippen LogP contribution is -2.50. The summed E-state index contributed by atoms with van der Waals surface area (Å²) in [7, 11) is 0. The highest BCUT2D eigenvalue weighted by Crippen LogP contribution is 2.24. The zero-order chi connectivity index (χ0) is 9.41. The first kappa shape index (κ1) is 9.93. The average Bonchev–Trinajstić information content (AvgIpc) is 2.25.